The van der Waals surface area contributed by atoms with E-state index in [4.69, 9.17) is 17.3 Å². The fourth-order valence-corrected chi connectivity index (χ4v) is 4.81. The van der Waals surface area contributed by atoms with Gasteiger partial charge in [-0.25, -0.2) is 8.78 Å². The summed E-state index contributed by atoms with van der Waals surface area (Å²) in [5.41, 5.74) is 4.00. The number of nitrogens with one attached hydrogen (secondary N) is 2. The van der Waals surface area contributed by atoms with E-state index in [9.17, 15) is 36.3 Å². The summed E-state index contributed by atoms with van der Waals surface area (Å²) >= 11 is 6.29. The highest BCUT2D eigenvalue weighted by molar-refractivity contribution is 6.31. The molecule has 0 aliphatic carbocycles. The molecule has 0 spiro atoms. The molecule has 4 N–H and O–H groups in total. The largest absolute Gasteiger partial charge is 0.416 e. The first-order valence-corrected chi connectivity index (χ1v) is 12.1. The molecule has 4 aromatic rings. The topological polar surface area (TPSA) is 114 Å². The van der Waals surface area contributed by atoms with Crippen LogP contribution in [0.3, 0.4) is 0 Å². The van der Waals surface area contributed by atoms with Gasteiger partial charge in [-0.15, -0.1) is 0 Å². The number of carbonyl (C=O) groups excluding carboxylic acids is 3. The number of fused-ring (bicyclic) bond motifs is 1. The maximum atomic E-state index is 14.2. The Balaban J connectivity index is 1.70. The van der Waals surface area contributed by atoms with Crippen molar-refractivity contribution in [2.45, 2.75) is 12.2 Å². The van der Waals surface area contributed by atoms with Gasteiger partial charge in [-0.2, -0.15) is 13.2 Å². The fraction of sp³-hybridized carbons (Fsp3) is 0.0714. The minimum atomic E-state index is -4.93. The van der Waals surface area contributed by atoms with E-state index in [1.807, 2.05) is 0 Å². The molecule has 1 aliphatic heterocycles. The number of carbonyl (C=O) groups is 3. The molecule has 3 amide bonds. The van der Waals surface area contributed by atoms with Crippen LogP contribution in [0.5, 0.6) is 0 Å². The first-order valence-electron chi connectivity index (χ1n) is 11.7. The molecule has 1 aromatic heterocycles. The van der Waals surface area contributed by atoms with Crippen molar-refractivity contribution < 1.29 is 36.3 Å². The Hall–Kier alpha value is -4.84. The van der Waals surface area contributed by atoms with Crippen LogP contribution in [-0.4, -0.2) is 22.7 Å². The van der Waals surface area contributed by atoms with Crippen molar-refractivity contribution in [3.05, 3.63) is 117 Å². The van der Waals surface area contributed by atoms with E-state index >= 15 is 0 Å². The molecule has 41 heavy (non-hydrogen) atoms. The average Bonchev–Trinajstić information content (AvgIpc) is 3.25. The third kappa shape index (κ3) is 5.33. The maximum Gasteiger partial charge on any atom is 0.416 e. The van der Waals surface area contributed by atoms with Gasteiger partial charge in [0, 0.05) is 45.4 Å². The van der Waals surface area contributed by atoms with E-state index < -0.39 is 52.7 Å². The van der Waals surface area contributed by atoms with E-state index in [2.05, 4.69) is 15.6 Å². The zero-order chi connectivity index (χ0) is 29.6. The first kappa shape index (κ1) is 27.7. The molecule has 0 saturated carbocycles. The van der Waals surface area contributed by atoms with Gasteiger partial charge in [0.15, 0.2) is 0 Å². The highest BCUT2D eigenvalue weighted by Gasteiger charge is 2.36. The van der Waals surface area contributed by atoms with E-state index in [0.717, 1.165) is 12.1 Å². The van der Waals surface area contributed by atoms with Crippen molar-refractivity contribution in [3.63, 3.8) is 0 Å². The minimum absolute atomic E-state index is 0.00872. The Morgan fingerprint density at radius 2 is 1.73 bits per heavy atom. The number of alkyl halides is 3. The number of nitrogens with zero attached hydrogens (tertiary/aromatic N) is 1. The summed E-state index contributed by atoms with van der Waals surface area (Å²) in [7, 11) is 0. The highest BCUT2D eigenvalue weighted by Crippen LogP contribution is 2.42. The van der Waals surface area contributed by atoms with Crippen LogP contribution in [0.15, 0.2) is 67.0 Å². The number of amides is 3. The molecule has 0 radical (unpaired) electrons. The van der Waals surface area contributed by atoms with E-state index in [-0.39, 0.29) is 50.2 Å². The summed E-state index contributed by atoms with van der Waals surface area (Å²) in [5.74, 6) is -4.60. The van der Waals surface area contributed by atoms with Gasteiger partial charge < -0.3 is 16.4 Å². The lowest BCUT2D eigenvalue weighted by atomic mass is 9.91. The van der Waals surface area contributed by atoms with Gasteiger partial charge in [0.25, 0.3) is 17.7 Å². The van der Waals surface area contributed by atoms with Gasteiger partial charge in [-0.3, -0.25) is 19.4 Å². The predicted octanol–water partition coefficient (Wildman–Crippen LogP) is 5.88. The molecule has 7 nitrogen and oxygen atoms in total. The zero-order valence-corrected chi connectivity index (χ0v) is 21.2. The van der Waals surface area contributed by atoms with E-state index in [0.29, 0.717) is 12.1 Å². The summed E-state index contributed by atoms with van der Waals surface area (Å²) in [6.07, 6.45) is -2.38. The number of anilines is 1. The monoisotopic (exact) mass is 586 g/mol. The summed E-state index contributed by atoms with van der Waals surface area (Å²) in [5, 5.41) is 5.18. The van der Waals surface area contributed by atoms with Gasteiger partial charge in [-0.1, -0.05) is 11.6 Å². The number of rotatable bonds is 5. The third-order valence-electron chi connectivity index (χ3n) is 6.39. The lowest BCUT2D eigenvalue weighted by Gasteiger charge is -2.19. The number of halogens is 6. The van der Waals surface area contributed by atoms with Crippen LogP contribution in [0.2, 0.25) is 5.02 Å². The second-order valence-corrected chi connectivity index (χ2v) is 9.43. The molecule has 13 heteroatoms. The molecule has 1 unspecified atom stereocenters. The Kier molecular flexibility index (Phi) is 6.95. The van der Waals surface area contributed by atoms with Crippen LogP contribution in [0.4, 0.5) is 27.6 Å². The van der Waals surface area contributed by atoms with Crippen molar-refractivity contribution in [1.82, 2.24) is 10.3 Å². The van der Waals surface area contributed by atoms with Crippen molar-refractivity contribution in [3.8, 4) is 11.1 Å². The van der Waals surface area contributed by atoms with Crippen LogP contribution in [-0.2, 0) is 6.18 Å². The number of benzene rings is 3. The Morgan fingerprint density at radius 1 is 0.976 bits per heavy atom. The molecule has 0 saturated heterocycles. The lowest BCUT2D eigenvalue weighted by molar-refractivity contribution is -0.137. The van der Waals surface area contributed by atoms with Crippen molar-refractivity contribution in [2.24, 2.45) is 5.73 Å². The highest BCUT2D eigenvalue weighted by atomic mass is 35.5. The second-order valence-electron chi connectivity index (χ2n) is 9.02. The maximum absolute atomic E-state index is 14.2. The smallest absolute Gasteiger partial charge is 0.366 e. The van der Waals surface area contributed by atoms with Gasteiger partial charge in [0.2, 0.25) is 0 Å². The van der Waals surface area contributed by atoms with Gasteiger partial charge in [0.05, 0.1) is 17.2 Å². The number of hydrogen-bond donors (Lipinski definition) is 3. The molecule has 3 aromatic carbocycles. The third-order valence-corrected chi connectivity index (χ3v) is 6.74. The van der Waals surface area contributed by atoms with Crippen molar-refractivity contribution in [2.75, 3.05) is 5.32 Å². The fourth-order valence-electron chi connectivity index (χ4n) is 4.58. The standard InChI is InChI=1S/C28H16ClF5N4O3/c29-21-2-1-15(30)10-18(21)24-23-19(27(41)38-24)7-12(17-3-4-36-11-20(17)25(35)39)8-22(23)37-26(40)13-5-14(28(32,33)34)9-16(31)6-13/h1-11,24H,(H2,35,39)(H,37,40)(H,38,41). The molecule has 208 valence electrons. The SMILES string of the molecule is NC(=O)c1cnccc1-c1cc(NC(=O)c2cc(F)cc(C(F)(F)F)c2)c2c(c1)C(=O)NC2c1cc(F)ccc1Cl. The molecule has 1 aliphatic rings. The molecule has 2 heterocycles. The van der Waals surface area contributed by atoms with Gasteiger partial charge >= 0.3 is 6.18 Å². The Morgan fingerprint density at radius 3 is 2.44 bits per heavy atom. The first-order chi connectivity index (χ1) is 19.3. The number of primary amides is 1. The number of aromatic nitrogens is 1. The van der Waals surface area contributed by atoms with Gasteiger partial charge in [-0.05, 0) is 65.7 Å². The lowest BCUT2D eigenvalue weighted by Crippen LogP contribution is -2.21. The number of nitrogens with two attached hydrogens (primary N) is 1. The summed E-state index contributed by atoms with van der Waals surface area (Å²) < 4.78 is 68.1. The Labute approximate surface area is 233 Å². The molecule has 5 rings (SSSR count). The molecular weight excluding hydrogens is 571 g/mol. The molecule has 1 atom stereocenters. The zero-order valence-electron chi connectivity index (χ0n) is 20.4. The number of pyridine rings is 1. The van der Waals surface area contributed by atoms with Crippen LogP contribution in [0.25, 0.3) is 11.1 Å². The Bertz CT molecular complexity index is 1760. The minimum Gasteiger partial charge on any atom is -0.366 e. The normalized spacial score (nSPS) is 14.4. The van der Waals surface area contributed by atoms with Crippen molar-refractivity contribution in [1.29, 1.82) is 0 Å². The summed E-state index contributed by atoms with van der Waals surface area (Å²) in [6.45, 7) is 0. The summed E-state index contributed by atoms with van der Waals surface area (Å²) in [4.78, 5) is 42.2. The predicted molar refractivity (Wildman–Crippen MR) is 138 cm³/mol. The molecule has 0 fully saturated rings. The van der Waals surface area contributed by atoms with E-state index in [1.54, 1.807) is 0 Å². The molecular formula is C28H16ClF5N4O3. The quantitative estimate of drug-likeness (QED) is 0.253. The van der Waals surface area contributed by atoms with Crippen LogP contribution in [0.1, 0.15) is 53.8 Å². The second kappa shape index (κ2) is 10.3. The van der Waals surface area contributed by atoms with E-state index in [1.165, 1.54) is 36.7 Å². The van der Waals surface area contributed by atoms with Crippen molar-refractivity contribution >= 4 is 35.0 Å². The average molecular weight is 587 g/mol. The number of hydrogen-bond acceptors (Lipinski definition) is 4. The van der Waals surface area contributed by atoms with Crippen LogP contribution in [0, 0.1) is 11.6 Å². The van der Waals surface area contributed by atoms with Crippen LogP contribution < -0.4 is 16.4 Å². The molecule has 0 bridgehead atoms. The van der Waals surface area contributed by atoms with Crippen LogP contribution >= 0.6 is 11.6 Å². The summed E-state index contributed by atoms with van der Waals surface area (Å²) in [6, 6.07) is 7.89. The van der Waals surface area contributed by atoms with Gasteiger partial charge in [0.1, 0.15) is 11.6 Å².